The molecule has 0 aliphatic heterocycles. The number of nitrogens with zero attached hydrogens (tertiary/aromatic N) is 4. The Kier molecular flexibility index (Phi) is 10.6. The maximum Gasteiger partial charge on any atom is 0.338 e. The van der Waals surface area contributed by atoms with E-state index in [0.717, 1.165) is 0 Å². The summed E-state index contributed by atoms with van der Waals surface area (Å²) in [5.41, 5.74) is 0.743. The third-order valence-electron chi connectivity index (χ3n) is 6.62. The predicted molar refractivity (Wildman–Crippen MR) is 168 cm³/mol. The number of rotatable bonds is 13. The van der Waals surface area contributed by atoms with Crippen molar-refractivity contribution in [2.75, 3.05) is 51.7 Å². The fourth-order valence-electron chi connectivity index (χ4n) is 4.26. The molecule has 4 rings (SSSR count). The number of carbonyl (C=O) groups excluding carboxylic acids is 3. The number of carbonyl (C=O) groups is 3. The minimum atomic E-state index is -0.736. The Balaban J connectivity index is 1.66. The summed E-state index contributed by atoms with van der Waals surface area (Å²) in [6.07, 6.45) is 1.76. The second-order valence-electron chi connectivity index (χ2n) is 9.84. The van der Waals surface area contributed by atoms with Crippen LogP contribution < -0.4 is 25.2 Å². The van der Waals surface area contributed by atoms with Crippen molar-refractivity contribution >= 4 is 57.7 Å². The average molecular weight is 638 g/mol. The Morgan fingerprint density at radius 2 is 1.71 bits per heavy atom. The van der Waals surface area contributed by atoms with Crippen molar-refractivity contribution in [2.24, 2.45) is 0 Å². The number of ketones is 1. The van der Waals surface area contributed by atoms with E-state index in [4.69, 9.17) is 30.5 Å². The summed E-state index contributed by atoms with van der Waals surface area (Å²) in [5, 5.41) is 4.14. The molecule has 1 N–H and O–H groups in total. The molecule has 0 radical (unpaired) electrons. The van der Waals surface area contributed by atoms with E-state index in [-0.39, 0.29) is 54.6 Å². The van der Waals surface area contributed by atoms with Crippen LogP contribution in [0.4, 0.5) is 17.5 Å². The molecule has 4 aromatic rings. The molecular formula is C31H32ClN5O8. The molecule has 2 heterocycles. The van der Waals surface area contributed by atoms with E-state index in [2.05, 4.69) is 15.3 Å². The molecule has 13 nitrogen and oxygen atoms in total. The van der Waals surface area contributed by atoms with Gasteiger partial charge in [-0.25, -0.2) is 14.6 Å². The van der Waals surface area contributed by atoms with Gasteiger partial charge in [-0.15, -0.1) is 0 Å². The van der Waals surface area contributed by atoms with Crippen LogP contribution in [0.25, 0.3) is 10.9 Å². The first kappa shape index (κ1) is 32.7. The van der Waals surface area contributed by atoms with Crippen LogP contribution in [0, 0.1) is 0 Å². The number of anilines is 3. The Bertz CT molecular complexity index is 1810. The molecule has 2 aromatic carbocycles. The van der Waals surface area contributed by atoms with Gasteiger partial charge in [0, 0.05) is 31.6 Å². The number of hydrogen-bond donors (Lipinski definition) is 1. The highest BCUT2D eigenvalue weighted by Gasteiger charge is 2.20. The van der Waals surface area contributed by atoms with Gasteiger partial charge in [0.1, 0.15) is 24.0 Å². The number of hydrogen-bond acceptors (Lipinski definition) is 12. The lowest BCUT2D eigenvalue weighted by Crippen LogP contribution is -2.26. The van der Waals surface area contributed by atoms with Crippen LogP contribution in [0.3, 0.4) is 0 Å². The minimum Gasteiger partial charge on any atom is -0.492 e. The number of methoxy groups -OCH3 is 2. The second kappa shape index (κ2) is 14.5. The molecule has 0 unspecified atom stereocenters. The summed E-state index contributed by atoms with van der Waals surface area (Å²) < 4.78 is 22.5. The van der Waals surface area contributed by atoms with Crippen molar-refractivity contribution in [3.63, 3.8) is 0 Å². The molecule has 0 atom stereocenters. The Morgan fingerprint density at radius 1 is 0.978 bits per heavy atom. The molecule has 0 saturated carbocycles. The first-order valence-corrected chi connectivity index (χ1v) is 14.2. The van der Waals surface area contributed by atoms with Crippen molar-refractivity contribution in [3.05, 3.63) is 75.2 Å². The molecule has 14 heteroatoms. The van der Waals surface area contributed by atoms with Crippen LogP contribution in [0.2, 0.25) is 5.02 Å². The van der Waals surface area contributed by atoms with Crippen molar-refractivity contribution < 1.29 is 33.3 Å². The van der Waals surface area contributed by atoms with Gasteiger partial charge in [0.25, 0.3) is 5.56 Å². The zero-order valence-electron chi connectivity index (χ0n) is 25.4. The Morgan fingerprint density at radius 3 is 2.40 bits per heavy atom. The molecule has 0 spiro atoms. The highest BCUT2D eigenvalue weighted by molar-refractivity contribution is 6.32. The van der Waals surface area contributed by atoms with Gasteiger partial charge in [-0.3, -0.25) is 9.59 Å². The molecule has 45 heavy (non-hydrogen) atoms. The normalized spacial score (nSPS) is 10.7. The number of nitrogens with one attached hydrogen (secondary N) is 1. The van der Waals surface area contributed by atoms with Crippen LogP contribution in [0.15, 0.2) is 53.5 Å². The summed E-state index contributed by atoms with van der Waals surface area (Å²) in [4.78, 5) is 60.2. The fraction of sp³-hybridized carbons (Fsp3) is 0.290. The smallest absolute Gasteiger partial charge is 0.338 e. The summed E-state index contributed by atoms with van der Waals surface area (Å²) >= 11 is 6.33. The van der Waals surface area contributed by atoms with Crippen LogP contribution in [-0.2, 0) is 20.8 Å². The number of halogens is 1. The average Bonchev–Trinajstić information content (AvgIpc) is 3.04. The number of benzene rings is 2. The molecule has 0 aliphatic carbocycles. The molecule has 2 aromatic heterocycles. The number of esters is 2. The van der Waals surface area contributed by atoms with Crippen LogP contribution in [-0.4, -0.2) is 73.8 Å². The number of aromatic nitrogens is 3. The van der Waals surface area contributed by atoms with Gasteiger partial charge in [0.15, 0.2) is 17.4 Å². The van der Waals surface area contributed by atoms with Gasteiger partial charge < -0.3 is 33.7 Å². The summed E-state index contributed by atoms with van der Waals surface area (Å²) in [6, 6.07) is 11.2. The van der Waals surface area contributed by atoms with Gasteiger partial charge >= 0.3 is 11.9 Å². The van der Waals surface area contributed by atoms with E-state index in [1.54, 1.807) is 36.1 Å². The zero-order chi connectivity index (χ0) is 32.7. The van der Waals surface area contributed by atoms with Crippen molar-refractivity contribution in [1.29, 1.82) is 0 Å². The van der Waals surface area contributed by atoms with Crippen LogP contribution in [0.1, 0.15) is 34.1 Å². The van der Waals surface area contributed by atoms with E-state index in [1.165, 1.54) is 43.2 Å². The molecule has 0 bridgehead atoms. The zero-order valence-corrected chi connectivity index (χ0v) is 26.1. The third kappa shape index (κ3) is 7.68. The highest BCUT2D eigenvalue weighted by Crippen LogP contribution is 2.28. The molecule has 236 valence electrons. The fourth-order valence-corrected chi connectivity index (χ4v) is 4.40. The summed E-state index contributed by atoms with van der Waals surface area (Å²) in [5.74, 6) is -0.477. The predicted octanol–water partition coefficient (Wildman–Crippen LogP) is 4.26. The van der Waals surface area contributed by atoms with Gasteiger partial charge in [0.05, 0.1) is 43.6 Å². The van der Waals surface area contributed by atoms with Crippen molar-refractivity contribution in [2.45, 2.75) is 19.9 Å². The second-order valence-corrected chi connectivity index (χ2v) is 10.3. The maximum absolute atomic E-state index is 13.5. The number of ether oxygens (including phenoxy) is 4. The maximum atomic E-state index is 13.5. The van der Waals surface area contributed by atoms with Crippen LogP contribution in [0.5, 0.6) is 11.5 Å². The van der Waals surface area contributed by atoms with E-state index < -0.39 is 17.5 Å². The Hall–Kier alpha value is -5.17. The third-order valence-corrected chi connectivity index (χ3v) is 6.90. The number of Topliss-reactive ketones (excluding diaryl/α,β-unsaturated/α-hetero) is 1. The SMILES string of the molecule is CCC(=O)COc1cc2cc(Nc3nc(N(C)C)ncc3Cl)ccc2n(CCOc2ccc(C(=O)OC)c(C(=O)OC)c2)c1=O. The first-order chi connectivity index (χ1) is 21.6. The van der Waals surface area contributed by atoms with E-state index in [9.17, 15) is 19.2 Å². The molecule has 0 aliphatic rings. The standard InChI is InChI=1S/C31H32ClN5O8/c1-6-20(38)17-45-26-14-18-13-19(34-27-24(32)16-33-31(35-27)36(2)3)7-10-25(18)37(28(26)39)11-12-44-21-8-9-22(29(40)42-4)23(15-21)30(41)43-5/h7-10,13-16H,6,11-12,17H2,1-5H3,(H,33,34,35). The first-order valence-electron chi connectivity index (χ1n) is 13.8. The highest BCUT2D eigenvalue weighted by atomic mass is 35.5. The summed E-state index contributed by atoms with van der Waals surface area (Å²) in [6.45, 7) is 1.55. The quantitative estimate of drug-likeness (QED) is 0.209. The monoisotopic (exact) mass is 637 g/mol. The van der Waals surface area contributed by atoms with E-state index in [0.29, 0.717) is 33.4 Å². The number of pyridine rings is 1. The minimum absolute atomic E-state index is 0.00757. The number of fused-ring (bicyclic) bond motifs is 1. The van der Waals surface area contributed by atoms with Gasteiger partial charge in [-0.05, 0) is 42.5 Å². The van der Waals surface area contributed by atoms with E-state index >= 15 is 0 Å². The van der Waals surface area contributed by atoms with E-state index in [1.807, 2.05) is 14.1 Å². The topological polar surface area (TPSA) is 151 Å². The lowest BCUT2D eigenvalue weighted by atomic mass is 10.1. The lowest BCUT2D eigenvalue weighted by molar-refractivity contribution is -0.120. The molecule has 0 fully saturated rings. The Labute approximate surface area is 263 Å². The van der Waals surface area contributed by atoms with Crippen molar-refractivity contribution in [3.8, 4) is 11.5 Å². The van der Waals surface area contributed by atoms with Gasteiger partial charge in [0.2, 0.25) is 5.95 Å². The lowest BCUT2D eigenvalue weighted by Gasteiger charge is -2.16. The van der Waals surface area contributed by atoms with Gasteiger partial charge in [-0.1, -0.05) is 18.5 Å². The summed E-state index contributed by atoms with van der Waals surface area (Å²) in [7, 11) is 6.03. The molecular weight excluding hydrogens is 606 g/mol. The van der Waals surface area contributed by atoms with Crippen molar-refractivity contribution in [1.82, 2.24) is 14.5 Å². The molecule has 0 amide bonds. The largest absolute Gasteiger partial charge is 0.492 e. The molecule has 0 saturated heterocycles. The van der Waals surface area contributed by atoms with Gasteiger partial charge in [-0.2, -0.15) is 4.98 Å². The van der Waals surface area contributed by atoms with Crippen LogP contribution >= 0.6 is 11.6 Å².